The zero-order chi connectivity index (χ0) is 9.84. The molecule has 1 aromatic carbocycles. The molecular weight excluding hydrogens is 162 g/mol. The van der Waals surface area contributed by atoms with E-state index in [1.807, 2.05) is 18.2 Å². The fourth-order valence-electron chi connectivity index (χ4n) is 1.17. The molecule has 1 aromatic rings. The van der Waals surface area contributed by atoms with Crippen LogP contribution in [-0.2, 0) is 6.42 Å². The van der Waals surface area contributed by atoms with E-state index in [0.717, 1.165) is 5.56 Å². The Morgan fingerprint density at radius 3 is 2.62 bits per heavy atom. The Morgan fingerprint density at radius 1 is 1.46 bits per heavy atom. The molecule has 0 aliphatic rings. The van der Waals surface area contributed by atoms with Gasteiger partial charge in [-0.1, -0.05) is 26.0 Å². The molecule has 0 saturated heterocycles. The molecule has 68 valence electrons. The Morgan fingerprint density at radius 2 is 2.15 bits per heavy atom. The molecule has 0 amide bonds. The van der Waals surface area contributed by atoms with Gasteiger partial charge in [0.25, 0.3) is 0 Å². The van der Waals surface area contributed by atoms with Gasteiger partial charge in [-0.3, -0.25) is 0 Å². The number of hydrogen-bond donors (Lipinski definition) is 1. The van der Waals surface area contributed by atoms with Gasteiger partial charge in [0.15, 0.2) is 0 Å². The number of benzene rings is 1. The van der Waals surface area contributed by atoms with Crippen molar-refractivity contribution in [3.05, 3.63) is 29.3 Å². The van der Waals surface area contributed by atoms with Crippen LogP contribution in [0.5, 0.6) is 5.75 Å². The summed E-state index contributed by atoms with van der Waals surface area (Å²) < 4.78 is 0. The number of phenols is 1. The molecule has 1 N–H and O–H groups in total. The van der Waals surface area contributed by atoms with Gasteiger partial charge in [-0.25, -0.2) is 0 Å². The lowest BCUT2D eigenvalue weighted by molar-refractivity contribution is 0.468. The summed E-state index contributed by atoms with van der Waals surface area (Å²) in [6, 6.07) is 7.52. The zero-order valence-corrected chi connectivity index (χ0v) is 7.91. The number of nitrogens with zero attached hydrogens (tertiary/aromatic N) is 1. The molecule has 0 heterocycles. The van der Waals surface area contributed by atoms with E-state index in [9.17, 15) is 5.11 Å². The monoisotopic (exact) mass is 175 g/mol. The predicted molar refractivity (Wildman–Crippen MR) is 51.5 cm³/mol. The van der Waals surface area contributed by atoms with Crippen molar-refractivity contribution in [2.45, 2.75) is 26.2 Å². The summed E-state index contributed by atoms with van der Waals surface area (Å²) in [6.07, 6.45) is 0.268. The molecule has 0 atom stereocenters. The maximum absolute atomic E-state index is 9.52. The summed E-state index contributed by atoms with van der Waals surface area (Å²) in [7, 11) is 0. The number of aromatic hydroxyl groups is 1. The van der Waals surface area contributed by atoms with Crippen LogP contribution in [0.15, 0.2) is 18.2 Å². The predicted octanol–water partition coefficient (Wildman–Crippen LogP) is 2.58. The van der Waals surface area contributed by atoms with Crippen molar-refractivity contribution in [1.29, 1.82) is 5.26 Å². The molecule has 0 aromatic heterocycles. The second-order valence-corrected chi connectivity index (χ2v) is 3.38. The Balaban J connectivity index is 3.00. The third kappa shape index (κ3) is 2.22. The van der Waals surface area contributed by atoms with Gasteiger partial charge in [-0.2, -0.15) is 5.26 Å². The summed E-state index contributed by atoms with van der Waals surface area (Å²) >= 11 is 0. The third-order valence-electron chi connectivity index (χ3n) is 2.05. The van der Waals surface area contributed by atoms with Crippen LogP contribution in [0.2, 0.25) is 0 Å². The van der Waals surface area contributed by atoms with Gasteiger partial charge in [0.05, 0.1) is 12.5 Å². The molecule has 1 rings (SSSR count). The van der Waals surface area contributed by atoms with E-state index in [1.54, 1.807) is 6.07 Å². The van der Waals surface area contributed by atoms with E-state index in [2.05, 4.69) is 13.8 Å². The molecule has 0 unspecified atom stereocenters. The highest BCUT2D eigenvalue weighted by Crippen LogP contribution is 2.23. The number of nitriles is 1. The molecule has 13 heavy (non-hydrogen) atoms. The molecular formula is C11H13NO. The van der Waals surface area contributed by atoms with E-state index in [-0.39, 0.29) is 12.2 Å². The lowest BCUT2D eigenvalue weighted by Gasteiger charge is -2.07. The van der Waals surface area contributed by atoms with E-state index in [0.29, 0.717) is 11.5 Å². The van der Waals surface area contributed by atoms with Crippen LogP contribution in [0.4, 0.5) is 0 Å². The molecule has 0 fully saturated rings. The minimum Gasteiger partial charge on any atom is -0.508 e. The largest absolute Gasteiger partial charge is 0.508 e. The zero-order valence-electron chi connectivity index (χ0n) is 7.91. The van der Waals surface area contributed by atoms with Crippen molar-refractivity contribution in [1.82, 2.24) is 0 Å². The van der Waals surface area contributed by atoms with Crippen molar-refractivity contribution in [2.24, 2.45) is 0 Å². The van der Waals surface area contributed by atoms with Crippen molar-refractivity contribution in [3.8, 4) is 11.8 Å². The summed E-state index contributed by atoms with van der Waals surface area (Å²) in [5, 5.41) is 18.0. The number of rotatable bonds is 2. The Bertz CT molecular complexity index is 336. The summed E-state index contributed by atoms with van der Waals surface area (Å²) in [5.41, 5.74) is 1.80. The molecule has 0 bridgehead atoms. The van der Waals surface area contributed by atoms with Crippen LogP contribution in [0.1, 0.15) is 30.9 Å². The minimum absolute atomic E-state index is 0.229. The molecule has 0 spiro atoms. The Labute approximate surface area is 78.4 Å². The first-order chi connectivity index (χ1) is 6.15. The van der Waals surface area contributed by atoms with Crippen LogP contribution in [-0.4, -0.2) is 5.11 Å². The van der Waals surface area contributed by atoms with Crippen molar-refractivity contribution in [2.75, 3.05) is 0 Å². The Kier molecular flexibility index (Phi) is 2.92. The van der Waals surface area contributed by atoms with E-state index in [4.69, 9.17) is 5.26 Å². The van der Waals surface area contributed by atoms with Crippen molar-refractivity contribution < 1.29 is 5.11 Å². The first kappa shape index (κ1) is 9.60. The van der Waals surface area contributed by atoms with Gasteiger partial charge in [0, 0.05) is 5.56 Å². The molecule has 2 heteroatoms. The lowest BCUT2D eigenvalue weighted by atomic mass is 10.0. The lowest BCUT2D eigenvalue weighted by Crippen LogP contribution is -1.89. The molecule has 0 saturated carbocycles. The molecule has 0 aliphatic heterocycles. The van der Waals surface area contributed by atoms with Crippen LogP contribution in [0, 0.1) is 11.3 Å². The standard InChI is InChI=1S/C11H13NO/c1-8(2)10-4-3-9(5-6-12)11(13)7-10/h3-4,7-8,13H,5H2,1-2H3. The SMILES string of the molecule is CC(C)c1ccc(CC#N)c(O)c1. The normalized spacial score (nSPS) is 10.0. The first-order valence-corrected chi connectivity index (χ1v) is 4.34. The van der Waals surface area contributed by atoms with E-state index in [1.165, 1.54) is 0 Å². The van der Waals surface area contributed by atoms with Crippen molar-refractivity contribution in [3.63, 3.8) is 0 Å². The van der Waals surface area contributed by atoms with Crippen LogP contribution < -0.4 is 0 Å². The number of hydrogen-bond acceptors (Lipinski definition) is 2. The minimum atomic E-state index is 0.229. The maximum atomic E-state index is 9.52. The van der Waals surface area contributed by atoms with E-state index < -0.39 is 0 Å². The van der Waals surface area contributed by atoms with Gasteiger partial charge >= 0.3 is 0 Å². The first-order valence-electron chi connectivity index (χ1n) is 4.34. The highest BCUT2D eigenvalue weighted by atomic mass is 16.3. The number of phenolic OH excluding ortho intramolecular Hbond substituents is 1. The fraction of sp³-hybridized carbons (Fsp3) is 0.364. The average Bonchev–Trinajstić information content (AvgIpc) is 2.08. The fourth-order valence-corrected chi connectivity index (χ4v) is 1.17. The van der Waals surface area contributed by atoms with Crippen LogP contribution in [0.25, 0.3) is 0 Å². The highest BCUT2D eigenvalue weighted by Gasteiger charge is 2.04. The quantitative estimate of drug-likeness (QED) is 0.750. The van der Waals surface area contributed by atoms with Crippen molar-refractivity contribution >= 4 is 0 Å². The van der Waals surface area contributed by atoms with Gasteiger partial charge in [0.1, 0.15) is 5.75 Å². The summed E-state index contributed by atoms with van der Waals surface area (Å²) in [4.78, 5) is 0. The summed E-state index contributed by atoms with van der Waals surface area (Å²) in [6.45, 7) is 4.14. The van der Waals surface area contributed by atoms with Gasteiger partial charge < -0.3 is 5.11 Å². The van der Waals surface area contributed by atoms with Gasteiger partial charge in [-0.15, -0.1) is 0 Å². The molecule has 2 nitrogen and oxygen atoms in total. The molecule has 0 aliphatic carbocycles. The van der Waals surface area contributed by atoms with Crippen LogP contribution in [0.3, 0.4) is 0 Å². The van der Waals surface area contributed by atoms with E-state index >= 15 is 0 Å². The molecule has 0 radical (unpaired) electrons. The van der Waals surface area contributed by atoms with Crippen LogP contribution >= 0.6 is 0 Å². The average molecular weight is 175 g/mol. The second-order valence-electron chi connectivity index (χ2n) is 3.38. The third-order valence-corrected chi connectivity index (χ3v) is 2.05. The smallest absolute Gasteiger partial charge is 0.120 e. The van der Waals surface area contributed by atoms with Gasteiger partial charge in [-0.05, 0) is 17.5 Å². The highest BCUT2D eigenvalue weighted by molar-refractivity contribution is 5.38. The Hall–Kier alpha value is -1.49. The second kappa shape index (κ2) is 3.95. The summed E-state index contributed by atoms with van der Waals surface area (Å²) in [5.74, 6) is 0.634. The van der Waals surface area contributed by atoms with Gasteiger partial charge in [0.2, 0.25) is 0 Å². The topological polar surface area (TPSA) is 44.0 Å². The maximum Gasteiger partial charge on any atom is 0.120 e.